The van der Waals surface area contributed by atoms with Crippen LogP contribution in [0.1, 0.15) is 15.9 Å². The second-order valence-corrected chi connectivity index (χ2v) is 6.94. The minimum absolute atomic E-state index is 0.0625. The molecule has 150 valence electrons. The molecule has 0 heterocycles. The molecule has 0 aromatic heterocycles. The number of amides is 3. The Morgan fingerprint density at radius 2 is 1.57 bits per heavy atom. The molecule has 0 atom stereocenters. The molecular weight excluding hydrogens is 403 g/mol. The van der Waals surface area contributed by atoms with E-state index in [0.717, 1.165) is 30.1 Å². The van der Waals surface area contributed by atoms with Crippen LogP contribution in [0.3, 0.4) is 0 Å². The molecule has 0 N–H and O–H groups in total. The molecule has 2 aromatic rings. The Morgan fingerprint density at radius 1 is 1.00 bits per heavy atom. The molecule has 3 amide bonds. The second-order valence-electron chi connectivity index (χ2n) is 5.80. The molecule has 28 heavy (non-hydrogen) atoms. The highest BCUT2D eigenvalue weighted by molar-refractivity contribution is 8.00. The van der Waals surface area contributed by atoms with Gasteiger partial charge in [0.1, 0.15) is 17.2 Å². The predicted molar refractivity (Wildman–Crippen MR) is 95.3 cm³/mol. The first-order valence-corrected chi connectivity index (χ1v) is 8.60. The molecule has 2 aromatic carbocycles. The average Bonchev–Trinajstić information content (AvgIpc) is 2.58. The van der Waals surface area contributed by atoms with Crippen molar-refractivity contribution in [3.8, 4) is 0 Å². The lowest BCUT2D eigenvalue weighted by Gasteiger charge is -2.25. The zero-order chi connectivity index (χ0) is 21.2. The van der Waals surface area contributed by atoms with Gasteiger partial charge in [0.25, 0.3) is 5.91 Å². The van der Waals surface area contributed by atoms with Crippen molar-refractivity contribution < 1.29 is 31.5 Å². The highest BCUT2D eigenvalue weighted by Crippen LogP contribution is 2.38. The maximum Gasteiger partial charge on any atom is 0.446 e. The van der Waals surface area contributed by atoms with Crippen molar-refractivity contribution in [1.29, 1.82) is 0 Å². The average molecular weight is 418 g/mol. The van der Waals surface area contributed by atoms with E-state index in [0.29, 0.717) is 10.5 Å². The number of hydrogen-bond acceptors (Lipinski definition) is 3. The number of thioether (sulfide) groups is 1. The van der Waals surface area contributed by atoms with Crippen LogP contribution in [0.4, 0.5) is 32.4 Å². The Balaban J connectivity index is 2.25. The van der Waals surface area contributed by atoms with Crippen molar-refractivity contribution in [3.63, 3.8) is 0 Å². The minimum Gasteiger partial charge on any atom is -0.297 e. The van der Waals surface area contributed by atoms with E-state index in [4.69, 9.17) is 0 Å². The van der Waals surface area contributed by atoms with Crippen molar-refractivity contribution in [2.75, 3.05) is 19.0 Å². The van der Waals surface area contributed by atoms with Gasteiger partial charge in [-0.15, -0.1) is 0 Å². The summed E-state index contributed by atoms with van der Waals surface area (Å²) in [7, 11) is 2.35. The summed E-state index contributed by atoms with van der Waals surface area (Å²) in [5.74, 6) is -3.41. The van der Waals surface area contributed by atoms with Gasteiger partial charge in [0.05, 0.1) is 0 Å². The molecule has 4 nitrogen and oxygen atoms in total. The van der Waals surface area contributed by atoms with Crippen LogP contribution in [0.5, 0.6) is 0 Å². The summed E-state index contributed by atoms with van der Waals surface area (Å²) in [5.41, 5.74) is -4.74. The first-order chi connectivity index (χ1) is 12.9. The SMILES string of the molecule is Cc1cc(SC(F)(F)F)ccc1N(C)C(=O)N(C)C(=O)c1c(F)cccc1F. The molecule has 0 aliphatic rings. The molecule has 2 rings (SSSR count). The minimum atomic E-state index is -4.45. The van der Waals surface area contributed by atoms with Gasteiger partial charge in [-0.05, 0) is 54.6 Å². The number of urea groups is 1. The van der Waals surface area contributed by atoms with Crippen molar-refractivity contribution in [3.05, 3.63) is 59.2 Å². The largest absolute Gasteiger partial charge is 0.446 e. The molecule has 0 saturated heterocycles. The van der Waals surface area contributed by atoms with Crippen LogP contribution in [0.15, 0.2) is 41.3 Å². The maximum atomic E-state index is 13.8. The molecule has 10 heteroatoms. The van der Waals surface area contributed by atoms with Gasteiger partial charge in [-0.2, -0.15) is 13.2 Å². The first kappa shape index (κ1) is 21.7. The predicted octanol–water partition coefficient (Wildman–Crippen LogP) is 5.21. The van der Waals surface area contributed by atoms with Gasteiger partial charge >= 0.3 is 11.5 Å². The van der Waals surface area contributed by atoms with E-state index in [1.54, 1.807) is 0 Å². The number of nitrogens with zero attached hydrogens (tertiary/aromatic N) is 2. The molecule has 0 radical (unpaired) electrons. The van der Waals surface area contributed by atoms with Crippen LogP contribution < -0.4 is 4.90 Å². The summed E-state index contributed by atoms with van der Waals surface area (Å²) in [4.78, 5) is 26.3. The number of aryl methyl sites for hydroxylation is 1. The highest BCUT2D eigenvalue weighted by Gasteiger charge is 2.30. The van der Waals surface area contributed by atoms with Crippen LogP contribution in [0, 0.1) is 18.6 Å². The zero-order valence-corrected chi connectivity index (χ0v) is 15.8. The van der Waals surface area contributed by atoms with Gasteiger partial charge < -0.3 is 0 Å². The van der Waals surface area contributed by atoms with E-state index >= 15 is 0 Å². The van der Waals surface area contributed by atoms with Gasteiger partial charge in [-0.1, -0.05) is 6.07 Å². The quantitative estimate of drug-likeness (QED) is 0.507. The lowest BCUT2D eigenvalue weighted by molar-refractivity contribution is -0.0328. The Labute approximate surface area is 161 Å². The number of imide groups is 1. The second kappa shape index (κ2) is 8.17. The first-order valence-electron chi connectivity index (χ1n) is 7.78. The van der Waals surface area contributed by atoms with E-state index < -0.39 is 34.6 Å². The fraction of sp³-hybridized carbons (Fsp3) is 0.222. The van der Waals surface area contributed by atoms with Crippen LogP contribution in [0.2, 0.25) is 0 Å². The third kappa shape index (κ3) is 4.80. The molecule has 0 bridgehead atoms. The topological polar surface area (TPSA) is 40.6 Å². The monoisotopic (exact) mass is 418 g/mol. The van der Waals surface area contributed by atoms with Gasteiger partial charge in [0, 0.05) is 24.7 Å². The number of anilines is 1. The van der Waals surface area contributed by atoms with Crippen LogP contribution in [0.25, 0.3) is 0 Å². The van der Waals surface area contributed by atoms with Crippen molar-refractivity contribution in [1.82, 2.24) is 4.90 Å². The summed E-state index contributed by atoms with van der Waals surface area (Å²) in [6, 6.07) is 5.67. The summed E-state index contributed by atoms with van der Waals surface area (Å²) >= 11 is -0.296. The van der Waals surface area contributed by atoms with Gasteiger partial charge in [0.2, 0.25) is 0 Å². The highest BCUT2D eigenvalue weighted by atomic mass is 32.2. The fourth-order valence-electron chi connectivity index (χ4n) is 2.49. The van der Waals surface area contributed by atoms with Gasteiger partial charge in [-0.25, -0.2) is 13.6 Å². The number of benzene rings is 2. The van der Waals surface area contributed by atoms with E-state index in [9.17, 15) is 31.5 Å². The van der Waals surface area contributed by atoms with Crippen LogP contribution in [-0.4, -0.2) is 36.4 Å². The van der Waals surface area contributed by atoms with Crippen LogP contribution in [-0.2, 0) is 0 Å². The number of halogens is 5. The molecule has 0 aliphatic carbocycles. The smallest absolute Gasteiger partial charge is 0.297 e. The van der Waals surface area contributed by atoms with Gasteiger partial charge in [0.15, 0.2) is 0 Å². The molecule has 0 aliphatic heterocycles. The normalized spacial score (nSPS) is 11.3. The zero-order valence-electron chi connectivity index (χ0n) is 15.0. The Kier molecular flexibility index (Phi) is 6.33. The summed E-state index contributed by atoms with van der Waals surface area (Å²) in [5, 5.41) is 0. The Bertz CT molecular complexity index is 897. The molecule has 0 saturated carbocycles. The lowest BCUT2D eigenvalue weighted by Crippen LogP contribution is -2.43. The number of alkyl halides is 3. The van der Waals surface area contributed by atoms with Crippen LogP contribution >= 0.6 is 11.8 Å². The number of rotatable bonds is 3. The Morgan fingerprint density at radius 3 is 2.07 bits per heavy atom. The van der Waals surface area contributed by atoms with E-state index in [1.807, 2.05) is 0 Å². The summed E-state index contributed by atoms with van der Waals surface area (Å²) in [6.07, 6.45) is 0. The van der Waals surface area contributed by atoms with E-state index in [1.165, 1.54) is 32.2 Å². The van der Waals surface area contributed by atoms with Crippen molar-refractivity contribution >= 4 is 29.4 Å². The number of carbonyl (C=O) groups is 2. The van der Waals surface area contributed by atoms with Crippen molar-refractivity contribution in [2.45, 2.75) is 17.3 Å². The third-order valence-electron chi connectivity index (χ3n) is 3.82. The molecule has 0 fully saturated rings. The maximum absolute atomic E-state index is 13.8. The molecule has 0 spiro atoms. The Hall–Kier alpha value is -2.62. The number of hydrogen-bond donors (Lipinski definition) is 0. The van der Waals surface area contributed by atoms with E-state index in [-0.39, 0.29) is 22.3 Å². The molecule has 0 unspecified atom stereocenters. The lowest BCUT2D eigenvalue weighted by atomic mass is 10.1. The standard InChI is InChI=1S/C18H15F5N2O2S/c1-10-9-11(28-18(21,22)23)7-8-14(10)24(2)17(27)25(3)16(26)15-12(19)5-4-6-13(15)20/h4-9H,1-3H3. The van der Waals surface area contributed by atoms with Gasteiger partial charge in [-0.3, -0.25) is 14.6 Å². The summed E-state index contributed by atoms with van der Waals surface area (Å²) in [6.45, 7) is 1.50. The summed E-state index contributed by atoms with van der Waals surface area (Å²) < 4.78 is 65.0. The fourth-order valence-corrected chi connectivity index (χ4v) is 3.13. The third-order valence-corrected chi connectivity index (χ3v) is 4.54. The number of carbonyl (C=O) groups excluding carboxylic acids is 2. The van der Waals surface area contributed by atoms with E-state index in [2.05, 4.69) is 0 Å². The molecular formula is C18H15F5N2O2S. The van der Waals surface area contributed by atoms with Crippen molar-refractivity contribution in [2.24, 2.45) is 0 Å².